The highest BCUT2D eigenvalue weighted by Gasteiger charge is 2.36. The minimum absolute atomic E-state index is 0.103. The number of aromatic hydroxyl groups is 1. The van der Waals surface area contributed by atoms with Crippen LogP contribution in [0.25, 0.3) is 22.3 Å². The molecule has 0 radical (unpaired) electrons. The number of carboxylic acid groups (broad SMARTS) is 1. The maximum atomic E-state index is 12.2. The number of carbonyl (C=O) groups is 1. The highest BCUT2D eigenvalue weighted by atomic mass is 16.5. The first kappa shape index (κ1) is 21.5. The number of nitrogens with zero attached hydrogens (tertiary/aromatic N) is 4. The number of ether oxygens (including phenoxy) is 1. The second-order valence-electron chi connectivity index (χ2n) is 8.86. The minimum Gasteiger partial charge on any atom is -0.507 e. The van der Waals surface area contributed by atoms with E-state index in [1.165, 1.54) is 0 Å². The summed E-state index contributed by atoms with van der Waals surface area (Å²) in [6.45, 7) is 4.42. The molecule has 2 fully saturated rings. The Balaban J connectivity index is 1.55. The number of amides is 1. The van der Waals surface area contributed by atoms with Crippen molar-refractivity contribution in [3.05, 3.63) is 48.0 Å². The van der Waals surface area contributed by atoms with Crippen LogP contribution in [0, 0.1) is 6.92 Å². The van der Waals surface area contributed by atoms with Crippen molar-refractivity contribution < 1.29 is 19.7 Å². The summed E-state index contributed by atoms with van der Waals surface area (Å²) < 4.78 is 5.47. The van der Waals surface area contributed by atoms with Gasteiger partial charge in [-0.1, -0.05) is 18.2 Å². The monoisotopic (exact) mass is 448 g/mol. The van der Waals surface area contributed by atoms with E-state index in [-0.39, 0.29) is 17.8 Å². The van der Waals surface area contributed by atoms with E-state index in [1.54, 1.807) is 23.1 Å². The van der Waals surface area contributed by atoms with E-state index in [2.05, 4.69) is 4.90 Å². The van der Waals surface area contributed by atoms with Gasteiger partial charge in [0.05, 0.1) is 29.8 Å². The third-order valence-electron chi connectivity index (χ3n) is 6.59. The van der Waals surface area contributed by atoms with Crippen molar-refractivity contribution >= 4 is 22.8 Å². The summed E-state index contributed by atoms with van der Waals surface area (Å²) in [5.74, 6) is 1.36. The molecule has 2 N–H and O–H groups in total. The van der Waals surface area contributed by atoms with Crippen molar-refractivity contribution in [3.63, 3.8) is 0 Å². The second-order valence-corrected chi connectivity index (χ2v) is 8.86. The van der Waals surface area contributed by atoms with Gasteiger partial charge in [0.2, 0.25) is 0 Å². The highest BCUT2D eigenvalue weighted by molar-refractivity contribution is 5.92. The van der Waals surface area contributed by atoms with Gasteiger partial charge in [0.15, 0.2) is 5.82 Å². The second kappa shape index (κ2) is 8.86. The number of rotatable bonds is 4. The van der Waals surface area contributed by atoms with Crippen molar-refractivity contribution in [2.45, 2.75) is 38.3 Å². The molecule has 0 spiro atoms. The number of phenolic OH excluding ortho intramolecular Hbond substituents is 1. The molecule has 0 unspecified atom stereocenters. The quantitative estimate of drug-likeness (QED) is 0.621. The van der Waals surface area contributed by atoms with Crippen LogP contribution in [0.2, 0.25) is 0 Å². The van der Waals surface area contributed by atoms with Crippen LogP contribution in [0.4, 0.5) is 10.6 Å². The van der Waals surface area contributed by atoms with Gasteiger partial charge in [-0.25, -0.2) is 14.8 Å². The third-order valence-corrected chi connectivity index (χ3v) is 6.59. The Kier molecular flexibility index (Phi) is 5.76. The standard InChI is InChI=1S/C25H28N4O4/c1-16-8-9-19-21(13-16)26-23(20-6-2-3-7-22(20)30)27-24(19)28-11-4-5-17(14-28)29(25(31)32)18-10-12-33-15-18/h2-3,6-9,13,17-18,30H,4-5,10-12,14-15H2,1H3,(H,31,32)/t17-,18-/m0/s1. The van der Waals surface area contributed by atoms with E-state index in [9.17, 15) is 15.0 Å². The molecule has 5 rings (SSSR count). The Labute approximate surface area is 192 Å². The molecule has 8 heteroatoms. The average molecular weight is 449 g/mol. The first-order valence-corrected chi connectivity index (χ1v) is 11.4. The SMILES string of the molecule is Cc1ccc2c(N3CCC[C@H](N(C(=O)O)[C@H]4CCOC4)C3)nc(-c3ccccc3O)nc2c1. The topological polar surface area (TPSA) is 99.0 Å². The van der Waals surface area contributed by atoms with Crippen LogP contribution in [0.5, 0.6) is 5.75 Å². The van der Waals surface area contributed by atoms with Crippen LogP contribution < -0.4 is 4.90 Å². The zero-order chi connectivity index (χ0) is 22.9. The van der Waals surface area contributed by atoms with Gasteiger partial charge in [-0.15, -0.1) is 0 Å². The number of benzene rings is 2. The van der Waals surface area contributed by atoms with Gasteiger partial charge in [0.1, 0.15) is 11.6 Å². The lowest BCUT2D eigenvalue weighted by Crippen LogP contribution is -2.54. The van der Waals surface area contributed by atoms with E-state index >= 15 is 0 Å². The first-order chi connectivity index (χ1) is 16.0. The van der Waals surface area contributed by atoms with Gasteiger partial charge in [0, 0.05) is 25.1 Å². The Hall–Kier alpha value is -3.39. The molecule has 1 aromatic heterocycles. The number of hydrogen-bond donors (Lipinski definition) is 2. The van der Waals surface area contributed by atoms with Crippen molar-refractivity contribution in [2.24, 2.45) is 0 Å². The molecular formula is C25H28N4O4. The van der Waals surface area contributed by atoms with Crippen molar-refractivity contribution in [1.29, 1.82) is 0 Å². The molecule has 2 aliphatic rings. The normalized spacial score (nSPS) is 20.8. The molecule has 0 aliphatic carbocycles. The molecule has 2 aromatic carbocycles. The number of fused-ring (bicyclic) bond motifs is 1. The third kappa shape index (κ3) is 4.18. The first-order valence-electron chi connectivity index (χ1n) is 11.4. The molecule has 2 saturated heterocycles. The fraction of sp³-hybridized carbons (Fsp3) is 0.400. The predicted molar refractivity (Wildman–Crippen MR) is 126 cm³/mol. The summed E-state index contributed by atoms with van der Waals surface area (Å²) in [7, 11) is 0. The molecule has 8 nitrogen and oxygen atoms in total. The molecule has 3 heterocycles. The Morgan fingerprint density at radius 1 is 1.15 bits per heavy atom. The maximum absolute atomic E-state index is 12.2. The lowest BCUT2D eigenvalue weighted by atomic mass is 10.0. The van der Waals surface area contributed by atoms with Crippen LogP contribution in [-0.2, 0) is 4.74 Å². The number of aryl methyl sites for hydroxylation is 1. The van der Waals surface area contributed by atoms with Crippen molar-refractivity contribution in [2.75, 3.05) is 31.2 Å². The van der Waals surface area contributed by atoms with Gasteiger partial charge in [-0.2, -0.15) is 0 Å². The number of phenols is 1. The Morgan fingerprint density at radius 3 is 2.76 bits per heavy atom. The molecule has 33 heavy (non-hydrogen) atoms. The fourth-order valence-electron chi connectivity index (χ4n) is 4.97. The zero-order valence-corrected chi connectivity index (χ0v) is 18.6. The van der Waals surface area contributed by atoms with Crippen LogP contribution in [-0.4, -0.2) is 69.6 Å². The van der Waals surface area contributed by atoms with Gasteiger partial charge in [0.25, 0.3) is 0 Å². The van der Waals surface area contributed by atoms with E-state index in [0.29, 0.717) is 31.1 Å². The number of piperidine rings is 1. The van der Waals surface area contributed by atoms with Crippen LogP contribution >= 0.6 is 0 Å². The van der Waals surface area contributed by atoms with Crippen LogP contribution in [0.1, 0.15) is 24.8 Å². The van der Waals surface area contributed by atoms with Gasteiger partial charge >= 0.3 is 6.09 Å². The predicted octanol–water partition coefficient (Wildman–Crippen LogP) is 4.05. The minimum atomic E-state index is -0.893. The molecule has 2 aliphatic heterocycles. The van der Waals surface area contributed by atoms with E-state index in [0.717, 1.165) is 48.1 Å². The highest BCUT2D eigenvalue weighted by Crippen LogP contribution is 2.34. The summed E-state index contributed by atoms with van der Waals surface area (Å²) in [5.41, 5.74) is 2.47. The molecule has 0 saturated carbocycles. The van der Waals surface area contributed by atoms with Crippen molar-refractivity contribution in [3.8, 4) is 17.1 Å². The van der Waals surface area contributed by atoms with Crippen molar-refractivity contribution in [1.82, 2.24) is 14.9 Å². The average Bonchev–Trinajstić information content (AvgIpc) is 3.33. The fourth-order valence-corrected chi connectivity index (χ4v) is 4.97. The number of hydrogen-bond acceptors (Lipinski definition) is 6. The smallest absolute Gasteiger partial charge is 0.407 e. The van der Waals surface area contributed by atoms with E-state index < -0.39 is 6.09 Å². The molecule has 1 amide bonds. The summed E-state index contributed by atoms with van der Waals surface area (Å²) in [6.07, 6.45) is 1.52. The lowest BCUT2D eigenvalue weighted by molar-refractivity contribution is 0.0827. The maximum Gasteiger partial charge on any atom is 0.407 e. The molecule has 3 aromatic rings. The van der Waals surface area contributed by atoms with E-state index in [4.69, 9.17) is 14.7 Å². The van der Waals surface area contributed by atoms with Crippen LogP contribution in [0.15, 0.2) is 42.5 Å². The van der Waals surface area contributed by atoms with Gasteiger partial charge in [-0.3, -0.25) is 4.90 Å². The summed E-state index contributed by atoms with van der Waals surface area (Å²) in [5, 5.41) is 21.3. The van der Waals surface area contributed by atoms with Gasteiger partial charge in [-0.05, 0) is 56.0 Å². The summed E-state index contributed by atoms with van der Waals surface area (Å²) >= 11 is 0. The van der Waals surface area contributed by atoms with Gasteiger partial charge < -0.3 is 19.8 Å². The zero-order valence-electron chi connectivity index (χ0n) is 18.6. The summed E-state index contributed by atoms with van der Waals surface area (Å²) in [4.78, 5) is 25.6. The number of para-hydroxylation sites is 1. The molecular weight excluding hydrogens is 420 g/mol. The largest absolute Gasteiger partial charge is 0.507 e. The molecule has 172 valence electrons. The Bertz CT molecular complexity index is 1180. The molecule has 2 atom stereocenters. The molecule has 0 bridgehead atoms. The van der Waals surface area contributed by atoms with E-state index in [1.807, 2.05) is 31.2 Å². The number of aromatic nitrogens is 2. The Morgan fingerprint density at radius 2 is 2.00 bits per heavy atom. The summed E-state index contributed by atoms with van der Waals surface area (Å²) in [6, 6.07) is 12.9. The lowest BCUT2D eigenvalue weighted by Gasteiger charge is -2.41. The number of anilines is 1. The van der Waals surface area contributed by atoms with Crippen LogP contribution in [0.3, 0.4) is 0 Å².